The molecule has 3 fully saturated rings. The first-order valence-corrected chi connectivity index (χ1v) is 9.52. The van der Waals surface area contributed by atoms with Crippen LogP contribution in [-0.4, -0.2) is 55.3 Å². The minimum absolute atomic E-state index is 0.0346. The molecule has 1 heterocycles. The third-order valence-electron chi connectivity index (χ3n) is 4.76. The van der Waals surface area contributed by atoms with Crippen LogP contribution in [0.2, 0.25) is 0 Å². The first kappa shape index (κ1) is 14.8. The van der Waals surface area contributed by atoms with Gasteiger partial charge in [0, 0.05) is 18.6 Å². The summed E-state index contributed by atoms with van der Waals surface area (Å²) in [7, 11) is -3.03. The maximum atomic E-state index is 12.8. The van der Waals surface area contributed by atoms with E-state index in [4.69, 9.17) is 0 Å². The van der Waals surface area contributed by atoms with Gasteiger partial charge in [0.2, 0.25) is 11.8 Å². The van der Waals surface area contributed by atoms with Gasteiger partial charge >= 0.3 is 0 Å². The molecule has 2 amide bonds. The Labute approximate surface area is 125 Å². The van der Waals surface area contributed by atoms with Crippen molar-refractivity contribution in [3.05, 3.63) is 0 Å². The van der Waals surface area contributed by atoms with E-state index in [1.54, 1.807) is 4.90 Å². The predicted octanol–water partition coefficient (Wildman–Crippen LogP) is 0.0808. The average Bonchev–Trinajstić information content (AvgIpc) is 3.31. The molecule has 21 heavy (non-hydrogen) atoms. The Hall–Kier alpha value is -1.11. The lowest BCUT2D eigenvalue weighted by atomic mass is 10.0. The second-order valence-electron chi connectivity index (χ2n) is 6.48. The number of nitrogens with zero attached hydrogens (tertiary/aromatic N) is 1. The van der Waals surface area contributed by atoms with Crippen LogP contribution in [0.1, 0.15) is 39.0 Å². The molecule has 2 aliphatic carbocycles. The molecule has 1 N–H and O–H groups in total. The summed E-state index contributed by atoms with van der Waals surface area (Å²) >= 11 is 0. The van der Waals surface area contributed by atoms with Crippen LogP contribution in [0.3, 0.4) is 0 Å². The van der Waals surface area contributed by atoms with Crippen LogP contribution in [0.5, 0.6) is 0 Å². The van der Waals surface area contributed by atoms with Gasteiger partial charge in [-0.2, -0.15) is 0 Å². The summed E-state index contributed by atoms with van der Waals surface area (Å²) in [5.41, 5.74) is -0.912. The third-order valence-corrected chi connectivity index (χ3v) is 6.51. The summed E-state index contributed by atoms with van der Waals surface area (Å²) in [6.45, 7) is 2.30. The molecule has 1 saturated heterocycles. The standard InChI is InChI=1S/C14H22N2O4S/c1-2-16(11-5-8-21(19,20)9-11)13(18)14(6-7-14)12(17)15-10-3-4-10/h10-11H,2-9H2,1H3,(H,15,17). The van der Waals surface area contributed by atoms with Gasteiger partial charge in [-0.25, -0.2) is 8.42 Å². The number of hydrogen-bond acceptors (Lipinski definition) is 4. The highest BCUT2D eigenvalue weighted by molar-refractivity contribution is 7.91. The fraction of sp³-hybridized carbons (Fsp3) is 0.857. The van der Waals surface area contributed by atoms with Crippen LogP contribution in [0.4, 0.5) is 0 Å². The number of sulfone groups is 1. The molecule has 1 aliphatic heterocycles. The normalized spacial score (nSPS) is 28.9. The largest absolute Gasteiger partial charge is 0.352 e. The number of carbonyl (C=O) groups is 2. The van der Waals surface area contributed by atoms with E-state index in [0.717, 1.165) is 12.8 Å². The Morgan fingerprint density at radius 2 is 1.90 bits per heavy atom. The Morgan fingerprint density at radius 1 is 1.24 bits per heavy atom. The molecule has 1 atom stereocenters. The van der Waals surface area contributed by atoms with Gasteiger partial charge in [-0.1, -0.05) is 0 Å². The number of amides is 2. The Kier molecular flexibility index (Phi) is 3.50. The SMILES string of the molecule is CCN(C(=O)C1(C(=O)NC2CC2)CC1)C1CCS(=O)(=O)C1. The summed E-state index contributed by atoms with van der Waals surface area (Å²) in [6.07, 6.45) is 3.64. The monoisotopic (exact) mass is 314 g/mol. The van der Waals surface area contributed by atoms with Crippen LogP contribution >= 0.6 is 0 Å². The van der Waals surface area contributed by atoms with Crippen molar-refractivity contribution in [1.82, 2.24) is 10.2 Å². The van der Waals surface area contributed by atoms with Crippen molar-refractivity contribution < 1.29 is 18.0 Å². The second kappa shape index (κ2) is 4.97. The molecule has 0 spiro atoms. The molecule has 118 valence electrons. The molecule has 0 aromatic rings. The van der Waals surface area contributed by atoms with Gasteiger partial charge < -0.3 is 10.2 Å². The summed E-state index contributed by atoms with van der Waals surface area (Å²) < 4.78 is 23.2. The molecule has 0 bridgehead atoms. The van der Waals surface area contributed by atoms with Gasteiger partial charge in [-0.3, -0.25) is 9.59 Å². The van der Waals surface area contributed by atoms with E-state index in [2.05, 4.69) is 5.32 Å². The first-order chi connectivity index (χ1) is 9.88. The molecule has 3 aliphatic rings. The van der Waals surface area contributed by atoms with E-state index >= 15 is 0 Å². The van der Waals surface area contributed by atoms with Gasteiger partial charge in [0.05, 0.1) is 11.5 Å². The van der Waals surface area contributed by atoms with Crippen molar-refractivity contribution >= 4 is 21.7 Å². The maximum Gasteiger partial charge on any atom is 0.238 e. The lowest BCUT2D eigenvalue weighted by Gasteiger charge is -2.30. The van der Waals surface area contributed by atoms with Crippen molar-refractivity contribution in [2.75, 3.05) is 18.1 Å². The maximum absolute atomic E-state index is 12.8. The second-order valence-corrected chi connectivity index (χ2v) is 8.71. The van der Waals surface area contributed by atoms with Gasteiger partial charge in [-0.05, 0) is 39.0 Å². The fourth-order valence-corrected chi connectivity index (χ4v) is 4.81. The van der Waals surface area contributed by atoms with Crippen molar-refractivity contribution in [2.45, 2.75) is 51.1 Å². The van der Waals surface area contributed by atoms with E-state index in [1.807, 2.05) is 6.92 Å². The van der Waals surface area contributed by atoms with Crippen molar-refractivity contribution in [2.24, 2.45) is 5.41 Å². The van der Waals surface area contributed by atoms with Crippen LogP contribution in [0, 0.1) is 5.41 Å². The smallest absolute Gasteiger partial charge is 0.238 e. The molecule has 2 saturated carbocycles. The molecule has 3 rings (SSSR count). The van der Waals surface area contributed by atoms with Crippen molar-refractivity contribution in [1.29, 1.82) is 0 Å². The van der Waals surface area contributed by atoms with E-state index < -0.39 is 15.3 Å². The zero-order valence-corrected chi connectivity index (χ0v) is 13.1. The van der Waals surface area contributed by atoms with E-state index in [-0.39, 0.29) is 35.4 Å². The third kappa shape index (κ3) is 2.80. The zero-order chi connectivity index (χ0) is 15.3. The Morgan fingerprint density at radius 3 is 2.33 bits per heavy atom. The zero-order valence-electron chi connectivity index (χ0n) is 12.3. The Bertz CT molecular complexity index is 564. The molecular formula is C14H22N2O4S. The number of nitrogens with one attached hydrogen (secondary N) is 1. The summed E-state index contributed by atoms with van der Waals surface area (Å²) in [5.74, 6) is -0.158. The summed E-state index contributed by atoms with van der Waals surface area (Å²) in [4.78, 5) is 26.7. The minimum atomic E-state index is -3.03. The highest BCUT2D eigenvalue weighted by Crippen LogP contribution is 2.48. The van der Waals surface area contributed by atoms with Crippen LogP contribution in [-0.2, 0) is 19.4 Å². The molecule has 7 heteroatoms. The molecule has 0 radical (unpaired) electrons. The topological polar surface area (TPSA) is 83.6 Å². The molecule has 6 nitrogen and oxygen atoms in total. The van der Waals surface area contributed by atoms with Gasteiger partial charge in [0.15, 0.2) is 9.84 Å². The van der Waals surface area contributed by atoms with Crippen LogP contribution < -0.4 is 5.32 Å². The Balaban J connectivity index is 1.71. The minimum Gasteiger partial charge on any atom is -0.352 e. The number of rotatable bonds is 5. The highest BCUT2D eigenvalue weighted by Gasteiger charge is 2.59. The van der Waals surface area contributed by atoms with E-state index in [9.17, 15) is 18.0 Å². The van der Waals surface area contributed by atoms with Crippen molar-refractivity contribution in [3.63, 3.8) is 0 Å². The van der Waals surface area contributed by atoms with Crippen LogP contribution in [0.25, 0.3) is 0 Å². The molecule has 1 unspecified atom stereocenters. The van der Waals surface area contributed by atoms with Crippen LogP contribution in [0.15, 0.2) is 0 Å². The first-order valence-electron chi connectivity index (χ1n) is 7.70. The van der Waals surface area contributed by atoms with Gasteiger partial charge in [0.1, 0.15) is 5.41 Å². The summed E-state index contributed by atoms with van der Waals surface area (Å²) in [5, 5.41) is 2.92. The van der Waals surface area contributed by atoms with Crippen molar-refractivity contribution in [3.8, 4) is 0 Å². The lowest BCUT2D eigenvalue weighted by Crippen LogP contribution is -2.49. The lowest BCUT2D eigenvalue weighted by molar-refractivity contribution is -0.145. The van der Waals surface area contributed by atoms with Gasteiger partial charge in [0.25, 0.3) is 0 Å². The van der Waals surface area contributed by atoms with E-state index in [0.29, 0.717) is 25.8 Å². The molecule has 0 aromatic carbocycles. The summed E-state index contributed by atoms with van der Waals surface area (Å²) in [6, 6.07) is -0.0246. The van der Waals surface area contributed by atoms with Gasteiger partial charge in [-0.15, -0.1) is 0 Å². The fourth-order valence-electron chi connectivity index (χ4n) is 3.08. The highest BCUT2D eigenvalue weighted by atomic mass is 32.2. The quantitative estimate of drug-likeness (QED) is 0.729. The van der Waals surface area contributed by atoms with E-state index in [1.165, 1.54) is 0 Å². The molecular weight excluding hydrogens is 292 g/mol. The predicted molar refractivity (Wildman–Crippen MR) is 77.3 cm³/mol. The number of carbonyl (C=O) groups excluding carboxylic acids is 2. The number of hydrogen-bond donors (Lipinski definition) is 1. The average molecular weight is 314 g/mol. The molecule has 0 aromatic heterocycles.